The molecule has 0 aliphatic heterocycles. The van der Waals surface area contributed by atoms with Crippen molar-refractivity contribution in [3.63, 3.8) is 0 Å². The van der Waals surface area contributed by atoms with Crippen molar-refractivity contribution in [2.75, 3.05) is 19.0 Å². The van der Waals surface area contributed by atoms with Crippen LogP contribution in [0.5, 0.6) is 0 Å². The zero-order valence-electron chi connectivity index (χ0n) is 12.5. The van der Waals surface area contributed by atoms with E-state index < -0.39 is 17.8 Å². The van der Waals surface area contributed by atoms with Gasteiger partial charge in [0.2, 0.25) is 0 Å². The Morgan fingerprint density at radius 3 is 2.70 bits per heavy atom. The number of esters is 2. The maximum absolute atomic E-state index is 11.8. The third kappa shape index (κ3) is 3.92. The highest BCUT2D eigenvalue weighted by molar-refractivity contribution is 7.14. The summed E-state index contributed by atoms with van der Waals surface area (Å²) in [5.74, 6) is -2.35. The number of aromatic nitrogens is 1. The SMILES string of the molecule is CCOC(=O)C(=O)Nc1nc(-c2ccccc2C(=O)OC)cs1. The number of hydrogen-bond acceptors (Lipinski definition) is 7. The van der Waals surface area contributed by atoms with E-state index in [1.807, 2.05) is 0 Å². The van der Waals surface area contributed by atoms with Crippen molar-refractivity contribution in [2.24, 2.45) is 0 Å². The van der Waals surface area contributed by atoms with E-state index in [9.17, 15) is 14.4 Å². The lowest BCUT2D eigenvalue weighted by atomic mass is 10.1. The third-order valence-corrected chi connectivity index (χ3v) is 3.55. The molecule has 0 radical (unpaired) electrons. The molecule has 1 heterocycles. The quantitative estimate of drug-likeness (QED) is 0.680. The van der Waals surface area contributed by atoms with Crippen LogP contribution in [0.15, 0.2) is 29.6 Å². The normalized spacial score (nSPS) is 10.0. The third-order valence-electron chi connectivity index (χ3n) is 2.79. The first-order valence-electron chi connectivity index (χ1n) is 6.68. The molecular weight excluding hydrogens is 320 g/mol. The van der Waals surface area contributed by atoms with E-state index in [4.69, 9.17) is 4.74 Å². The van der Waals surface area contributed by atoms with E-state index in [0.717, 1.165) is 11.3 Å². The van der Waals surface area contributed by atoms with Gasteiger partial charge in [-0.15, -0.1) is 11.3 Å². The molecule has 0 saturated carbocycles. The van der Waals surface area contributed by atoms with Gasteiger partial charge in [-0.05, 0) is 13.0 Å². The summed E-state index contributed by atoms with van der Waals surface area (Å²) in [4.78, 5) is 38.9. The molecule has 23 heavy (non-hydrogen) atoms. The van der Waals surface area contributed by atoms with E-state index >= 15 is 0 Å². The summed E-state index contributed by atoms with van der Waals surface area (Å²) < 4.78 is 9.33. The van der Waals surface area contributed by atoms with Crippen LogP contribution >= 0.6 is 11.3 Å². The van der Waals surface area contributed by atoms with Crippen molar-refractivity contribution >= 4 is 34.3 Å². The molecular formula is C15H14N2O5S. The van der Waals surface area contributed by atoms with Crippen LogP contribution in [0, 0.1) is 0 Å². The lowest BCUT2D eigenvalue weighted by molar-refractivity contribution is -0.152. The molecule has 0 bridgehead atoms. The first kappa shape index (κ1) is 16.6. The van der Waals surface area contributed by atoms with Crippen LogP contribution in [0.1, 0.15) is 17.3 Å². The lowest BCUT2D eigenvalue weighted by Gasteiger charge is -2.05. The molecule has 1 aromatic carbocycles. The highest BCUT2D eigenvalue weighted by atomic mass is 32.1. The maximum Gasteiger partial charge on any atom is 0.397 e. The molecule has 0 unspecified atom stereocenters. The number of thiazole rings is 1. The first-order chi connectivity index (χ1) is 11.1. The average molecular weight is 334 g/mol. The predicted molar refractivity (Wildman–Crippen MR) is 84.2 cm³/mol. The summed E-state index contributed by atoms with van der Waals surface area (Å²) in [7, 11) is 1.30. The smallest absolute Gasteiger partial charge is 0.397 e. The van der Waals surface area contributed by atoms with E-state index in [-0.39, 0.29) is 11.7 Å². The van der Waals surface area contributed by atoms with Crippen LogP contribution in [-0.4, -0.2) is 36.5 Å². The monoisotopic (exact) mass is 334 g/mol. The summed E-state index contributed by atoms with van der Waals surface area (Å²) in [5.41, 5.74) is 1.44. The number of ether oxygens (including phenoxy) is 2. The molecule has 0 atom stereocenters. The molecule has 1 amide bonds. The van der Waals surface area contributed by atoms with Crippen LogP contribution < -0.4 is 5.32 Å². The van der Waals surface area contributed by atoms with Crippen molar-refractivity contribution in [1.29, 1.82) is 0 Å². The van der Waals surface area contributed by atoms with Gasteiger partial charge in [-0.2, -0.15) is 0 Å². The Balaban J connectivity index is 2.22. The van der Waals surface area contributed by atoms with Crippen molar-refractivity contribution in [2.45, 2.75) is 6.92 Å². The summed E-state index contributed by atoms with van der Waals surface area (Å²) >= 11 is 1.13. The number of anilines is 1. The summed E-state index contributed by atoms with van der Waals surface area (Å²) in [6.45, 7) is 1.72. The molecule has 8 heteroatoms. The number of carbonyl (C=O) groups is 3. The van der Waals surface area contributed by atoms with Gasteiger partial charge in [0.05, 0.1) is 25.0 Å². The van der Waals surface area contributed by atoms with E-state index in [0.29, 0.717) is 16.8 Å². The Morgan fingerprint density at radius 1 is 1.26 bits per heavy atom. The summed E-state index contributed by atoms with van der Waals surface area (Å²) in [6, 6.07) is 6.82. The predicted octanol–water partition coefficient (Wildman–Crippen LogP) is 2.10. The Labute approximate surface area is 136 Å². The summed E-state index contributed by atoms with van der Waals surface area (Å²) in [5, 5.41) is 4.26. The van der Waals surface area contributed by atoms with Gasteiger partial charge in [-0.1, -0.05) is 18.2 Å². The van der Waals surface area contributed by atoms with Gasteiger partial charge in [-0.25, -0.2) is 14.6 Å². The highest BCUT2D eigenvalue weighted by Crippen LogP contribution is 2.28. The Morgan fingerprint density at radius 2 is 2.00 bits per heavy atom. The van der Waals surface area contributed by atoms with Crippen LogP contribution in [0.4, 0.5) is 5.13 Å². The molecule has 1 N–H and O–H groups in total. The second-order valence-corrected chi connectivity index (χ2v) is 5.11. The van der Waals surface area contributed by atoms with Crippen LogP contribution in [0.2, 0.25) is 0 Å². The van der Waals surface area contributed by atoms with Crippen molar-refractivity contribution < 1.29 is 23.9 Å². The van der Waals surface area contributed by atoms with E-state index in [2.05, 4.69) is 15.0 Å². The van der Waals surface area contributed by atoms with Crippen LogP contribution in [0.25, 0.3) is 11.3 Å². The largest absolute Gasteiger partial charge is 0.465 e. The van der Waals surface area contributed by atoms with E-state index in [1.54, 1.807) is 36.6 Å². The number of methoxy groups -OCH3 is 1. The number of nitrogens with one attached hydrogen (secondary N) is 1. The topological polar surface area (TPSA) is 94.6 Å². The van der Waals surface area contributed by atoms with Crippen molar-refractivity contribution in [1.82, 2.24) is 4.98 Å². The molecule has 2 aromatic rings. The van der Waals surface area contributed by atoms with Gasteiger partial charge < -0.3 is 9.47 Å². The fourth-order valence-corrected chi connectivity index (χ4v) is 2.50. The second kappa shape index (κ2) is 7.50. The van der Waals surface area contributed by atoms with Crippen LogP contribution in [-0.2, 0) is 19.1 Å². The van der Waals surface area contributed by atoms with Crippen molar-refractivity contribution in [3.05, 3.63) is 35.2 Å². The Hall–Kier alpha value is -2.74. The first-order valence-corrected chi connectivity index (χ1v) is 7.56. The molecule has 0 fully saturated rings. The molecule has 0 saturated heterocycles. The fraction of sp³-hybridized carbons (Fsp3) is 0.200. The van der Waals surface area contributed by atoms with Gasteiger partial charge in [0.25, 0.3) is 0 Å². The van der Waals surface area contributed by atoms with Gasteiger partial charge in [0, 0.05) is 10.9 Å². The molecule has 0 spiro atoms. The van der Waals surface area contributed by atoms with Crippen molar-refractivity contribution in [3.8, 4) is 11.3 Å². The number of amides is 1. The van der Waals surface area contributed by atoms with Crippen LogP contribution in [0.3, 0.4) is 0 Å². The second-order valence-electron chi connectivity index (χ2n) is 4.25. The molecule has 7 nitrogen and oxygen atoms in total. The molecule has 0 aliphatic rings. The fourth-order valence-electron chi connectivity index (χ4n) is 1.79. The Bertz CT molecular complexity index is 741. The number of benzene rings is 1. The number of nitrogens with zero attached hydrogens (tertiary/aromatic N) is 1. The van der Waals surface area contributed by atoms with Gasteiger partial charge in [0.1, 0.15) is 0 Å². The lowest BCUT2D eigenvalue weighted by Crippen LogP contribution is -2.24. The summed E-state index contributed by atoms with van der Waals surface area (Å²) in [6.07, 6.45) is 0. The number of carbonyl (C=O) groups excluding carboxylic acids is 3. The Kier molecular flexibility index (Phi) is 5.42. The number of hydrogen-bond donors (Lipinski definition) is 1. The maximum atomic E-state index is 11.8. The minimum Gasteiger partial charge on any atom is -0.465 e. The molecule has 1 aromatic heterocycles. The minimum atomic E-state index is -0.973. The molecule has 2 rings (SSSR count). The van der Waals surface area contributed by atoms with E-state index in [1.165, 1.54) is 7.11 Å². The molecule has 0 aliphatic carbocycles. The highest BCUT2D eigenvalue weighted by Gasteiger charge is 2.18. The van der Waals surface area contributed by atoms with Gasteiger partial charge >= 0.3 is 17.8 Å². The van der Waals surface area contributed by atoms with Gasteiger partial charge in [0.15, 0.2) is 5.13 Å². The van der Waals surface area contributed by atoms with Gasteiger partial charge in [-0.3, -0.25) is 10.1 Å². The zero-order valence-corrected chi connectivity index (χ0v) is 13.3. The zero-order chi connectivity index (χ0) is 16.8. The number of rotatable bonds is 4. The molecule has 120 valence electrons. The average Bonchev–Trinajstić information content (AvgIpc) is 3.02. The standard InChI is InChI=1S/C15H14N2O5S/c1-3-22-14(20)12(18)17-15-16-11(8-23-15)9-6-4-5-7-10(9)13(19)21-2/h4-8H,3H2,1-2H3,(H,16,17,18). The minimum absolute atomic E-state index is 0.113.